The van der Waals surface area contributed by atoms with Crippen LogP contribution in [0.25, 0.3) is 0 Å². The largest absolute Gasteiger partial charge is 0.387 e. The summed E-state index contributed by atoms with van der Waals surface area (Å²) in [6.07, 6.45) is 6.01. The van der Waals surface area contributed by atoms with Crippen molar-refractivity contribution in [1.29, 1.82) is 0 Å². The molecule has 22 heavy (non-hydrogen) atoms. The molecule has 2 rings (SSSR count). The second kappa shape index (κ2) is 7.92. The van der Waals surface area contributed by atoms with E-state index in [4.69, 9.17) is 6.42 Å². The van der Waals surface area contributed by atoms with Crippen molar-refractivity contribution in [2.45, 2.75) is 18.9 Å². The molecule has 1 aliphatic rings. The highest BCUT2D eigenvalue weighted by Crippen LogP contribution is 2.18. The number of rotatable bonds is 5. The predicted octanol–water partition coefficient (Wildman–Crippen LogP) is 1.32. The number of carbonyl (C=O) groups is 1. The first-order chi connectivity index (χ1) is 10.6. The van der Waals surface area contributed by atoms with Gasteiger partial charge in [0.2, 0.25) is 5.91 Å². The number of halogens is 1. The Morgan fingerprint density at radius 2 is 2.05 bits per heavy atom. The first kappa shape index (κ1) is 16.5. The molecule has 0 aromatic heterocycles. The van der Waals surface area contributed by atoms with E-state index in [-0.39, 0.29) is 24.2 Å². The number of amides is 1. The quantitative estimate of drug-likeness (QED) is 0.807. The third-order valence-corrected chi connectivity index (χ3v) is 4.00. The Balaban J connectivity index is 1.76. The lowest BCUT2D eigenvalue weighted by Crippen LogP contribution is -2.41. The molecule has 0 spiro atoms. The first-order valence-corrected chi connectivity index (χ1v) is 7.47. The van der Waals surface area contributed by atoms with Gasteiger partial charge in [-0.25, -0.2) is 4.39 Å². The van der Waals surface area contributed by atoms with Gasteiger partial charge in [-0.3, -0.25) is 9.69 Å². The van der Waals surface area contributed by atoms with Gasteiger partial charge in [0.1, 0.15) is 5.82 Å². The van der Waals surface area contributed by atoms with Crippen LogP contribution in [0.1, 0.15) is 24.5 Å². The van der Waals surface area contributed by atoms with Crippen LogP contribution in [-0.4, -0.2) is 42.1 Å². The van der Waals surface area contributed by atoms with Crippen LogP contribution >= 0.6 is 0 Å². The maximum Gasteiger partial charge on any atom is 0.223 e. The molecule has 5 heteroatoms. The summed E-state index contributed by atoms with van der Waals surface area (Å²) in [6.45, 7) is 2.40. The molecule has 4 nitrogen and oxygen atoms in total. The van der Waals surface area contributed by atoms with Crippen LogP contribution in [0.5, 0.6) is 0 Å². The first-order valence-electron chi connectivity index (χ1n) is 7.47. The van der Waals surface area contributed by atoms with Crippen molar-refractivity contribution in [3.05, 3.63) is 35.6 Å². The van der Waals surface area contributed by atoms with E-state index in [1.54, 1.807) is 0 Å². The fourth-order valence-corrected chi connectivity index (χ4v) is 2.63. The van der Waals surface area contributed by atoms with Crippen molar-refractivity contribution in [3.8, 4) is 12.3 Å². The monoisotopic (exact) mass is 304 g/mol. The van der Waals surface area contributed by atoms with Gasteiger partial charge < -0.3 is 10.4 Å². The Morgan fingerprint density at radius 3 is 2.64 bits per heavy atom. The number of hydrogen-bond acceptors (Lipinski definition) is 3. The Kier molecular flexibility index (Phi) is 5.93. The zero-order valence-corrected chi connectivity index (χ0v) is 12.5. The summed E-state index contributed by atoms with van der Waals surface area (Å²) in [4.78, 5) is 14.3. The minimum Gasteiger partial charge on any atom is -0.387 e. The molecular formula is C17H21FN2O2. The van der Waals surface area contributed by atoms with Crippen LogP contribution in [0.3, 0.4) is 0 Å². The number of nitrogens with one attached hydrogen (secondary N) is 1. The van der Waals surface area contributed by atoms with Crippen molar-refractivity contribution in [3.63, 3.8) is 0 Å². The summed E-state index contributed by atoms with van der Waals surface area (Å²) in [6, 6.07) is 5.62. The van der Waals surface area contributed by atoms with E-state index in [0.717, 1.165) is 25.9 Å². The Bertz CT molecular complexity index is 531. The molecule has 1 heterocycles. The summed E-state index contributed by atoms with van der Waals surface area (Å²) in [5.74, 6) is 2.19. The van der Waals surface area contributed by atoms with Crippen LogP contribution in [0.15, 0.2) is 24.3 Å². The number of hydrogen-bond donors (Lipinski definition) is 2. The van der Waals surface area contributed by atoms with E-state index in [0.29, 0.717) is 12.1 Å². The number of aliphatic hydroxyl groups is 1. The molecule has 1 amide bonds. The smallest absolute Gasteiger partial charge is 0.223 e. The molecule has 1 fully saturated rings. The van der Waals surface area contributed by atoms with Crippen LogP contribution in [0.2, 0.25) is 0 Å². The predicted molar refractivity (Wildman–Crippen MR) is 82.4 cm³/mol. The minimum atomic E-state index is -0.828. The standard InChI is InChI=1S/C17H21FN2O2/c1-2-9-20-10-7-14(8-11-20)17(22)19-12-16(21)13-3-5-15(18)6-4-13/h1,3-6,14,16,21H,7-12H2,(H,19,22). The molecule has 1 aromatic rings. The van der Waals surface area contributed by atoms with E-state index < -0.39 is 6.10 Å². The molecule has 0 radical (unpaired) electrons. The van der Waals surface area contributed by atoms with Crippen molar-refractivity contribution < 1.29 is 14.3 Å². The summed E-state index contributed by atoms with van der Waals surface area (Å²) in [7, 11) is 0. The van der Waals surface area contributed by atoms with Gasteiger partial charge in [0.15, 0.2) is 0 Å². The average molecular weight is 304 g/mol. The van der Waals surface area contributed by atoms with Gasteiger partial charge in [0.05, 0.1) is 12.6 Å². The van der Waals surface area contributed by atoms with Gasteiger partial charge in [-0.1, -0.05) is 18.1 Å². The SMILES string of the molecule is C#CCN1CCC(C(=O)NCC(O)c2ccc(F)cc2)CC1. The van der Waals surface area contributed by atoms with Gasteiger partial charge in [0.25, 0.3) is 0 Å². The van der Waals surface area contributed by atoms with Crippen LogP contribution < -0.4 is 5.32 Å². The van der Waals surface area contributed by atoms with Crippen molar-refractivity contribution >= 4 is 5.91 Å². The van der Waals surface area contributed by atoms with E-state index in [1.165, 1.54) is 24.3 Å². The summed E-state index contributed by atoms with van der Waals surface area (Å²) >= 11 is 0. The molecule has 2 N–H and O–H groups in total. The van der Waals surface area contributed by atoms with E-state index in [9.17, 15) is 14.3 Å². The fraction of sp³-hybridized carbons (Fsp3) is 0.471. The number of terminal acetylenes is 1. The molecule has 1 atom stereocenters. The van der Waals surface area contributed by atoms with E-state index in [1.807, 2.05) is 0 Å². The molecule has 0 aliphatic carbocycles. The van der Waals surface area contributed by atoms with E-state index >= 15 is 0 Å². The van der Waals surface area contributed by atoms with Crippen molar-refractivity contribution in [1.82, 2.24) is 10.2 Å². The van der Waals surface area contributed by atoms with Crippen molar-refractivity contribution in [2.24, 2.45) is 5.92 Å². The number of carbonyl (C=O) groups excluding carboxylic acids is 1. The molecule has 1 unspecified atom stereocenters. The topological polar surface area (TPSA) is 52.6 Å². The zero-order valence-electron chi connectivity index (χ0n) is 12.5. The Labute approximate surface area is 130 Å². The molecular weight excluding hydrogens is 283 g/mol. The molecule has 1 aliphatic heterocycles. The van der Waals surface area contributed by atoms with Gasteiger partial charge in [-0.15, -0.1) is 6.42 Å². The summed E-state index contributed by atoms with van der Waals surface area (Å²) < 4.78 is 12.8. The Hall–Kier alpha value is -1.90. The zero-order chi connectivity index (χ0) is 15.9. The highest BCUT2D eigenvalue weighted by atomic mass is 19.1. The normalized spacial score (nSPS) is 17.7. The third-order valence-electron chi connectivity index (χ3n) is 4.00. The summed E-state index contributed by atoms with van der Waals surface area (Å²) in [5, 5.41) is 12.8. The molecule has 1 saturated heterocycles. The lowest BCUT2D eigenvalue weighted by Gasteiger charge is -2.30. The van der Waals surface area contributed by atoms with E-state index in [2.05, 4.69) is 16.1 Å². The number of aliphatic hydroxyl groups excluding tert-OH is 1. The van der Waals surface area contributed by atoms with Crippen LogP contribution in [0, 0.1) is 24.1 Å². The highest BCUT2D eigenvalue weighted by Gasteiger charge is 2.24. The maximum absolute atomic E-state index is 12.8. The van der Waals surface area contributed by atoms with Gasteiger partial charge in [-0.2, -0.15) is 0 Å². The molecule has 118 valence electrons. The average Bonchev–Trinajstić information content (AvgIpc) is 2.54. The highest BCUT2D eigenvalue weighted by molar-refractivity contribution is 5.78. The number of piperidine rings is 1. The van der Waals surface area contributed by atoms with Gasteiger partial charge >= 0.3 is 0 Å². The summed E-state index contributed by atoms with van der Waals surface area (Å²) in [5.41, 5.74) is 0.588. The number of likely N-dealkylation sites (tertiary alicyclic amines) is 1. The second-order valence-electron chi connectivity index (χ2n) is 5.57. The minimum absolute atomic E-state index is 0.0329. The molecule has 0 saturated carbocycles. The second-order valence-corrected chi connectivity index (χ2v) is 5.57. The number of nitrogens with zero attached hydrogens (tertiary/aromatic N) is 1. The van der Waals surface area contributed by atoms with Gasteiger partial charge in [0, 0.05) is 12.5 Å². The third kappa shape index (κ3) is 4.55. The lowest BCUT2D eigenvalue weighted by atomic mass is 9.96. The number of benzene rings is 1. The fourth-order valence-electron chi connectivity index (χ4n) is 2.63. The Morgan fingerprint density at radius 1 is 1.41 bits per heavy atom. The molecule has 0 bridgehead atoms. The van der Waals surface area contributed by atoms with Crippen LogP contribution in [-0.2, 0) is 4.79 Å². The van der Waals surface area contributed by atoms with Gasteiger partial charge in [-0.05, 0) is 43.6 Å². The van der Waals surface area contributed by atoms with Crippen LogP contribution in [0.4, 0.5) is 4.39 Å². The lowest BCUT2D eigenvalue weighted by molar-refractivity contribution is -0.126. The molecule has 1 aromatic carbocycles. The van der Waals surface area contributed by atoms with Crippen molar-refractivity contribution in [2.75, 3.05) is 26.2 Å². The maximum atomic E-state index is 12.8.